The summed E-state index contributed by atoms with van der Waals surface area (Å²) in [5.74, 6) is -1.31. The third-order valence-corrected chi connectivity index (χ3v) is 3.57. The minimum absolute atomic E-state index is 0.172. The maximum Gasteiger partial charge on any atom is 0.321 e. The Morgan fingerprint density at radius 1 is 1.44 bits per heavy atom. The van der Waals surface area contributed by atoms with Crippen LogP contribution in [0.1, 0.15) is 13.3 Å². The van der Waals surface area contributed by atoms with Crippen molar-refractivity contribution in [1.82, 2.24) is 0 Å². The molecular weight excluding hydrogens is 228 g/mol. The Labute approximate surface area is 95.2 Å². The van der Waals surface area contributed by atoms with E-state index in [9.17, 15) is 13.2 Å². The molecule has 0 aliphatic heterocycles. The van der Waals surface area contributed by atoms with E-state index in [1.807, 2.05) is 6.08 Å². The highest BCUT2D eigenvalue weighted by atomic mass is 32.2. The Morgan fingerprint density at radius 2 is 2.19 bits per heavy atom. The third-order valence-electron chi connectivity index (χ3n) is 1.94. The Bertz CT molecular complexity index is 441. The first-order valence-corrected chi connectivity index (χ1v) is 6.63. The molecule has 0 aromatic rings. The number of carbonyl (C=O) groups excluding carboxylic acids is 1. The first-order chi connectivity index (χ1) is 7.56. The van der Waals surface area contributed by atoms with Crippen LogP contribution in [0.3, 0.4) is 0 Å². The van der Waals surface area contributed by atoms with Crippen LogP contribution in [-0.4, -0.2) is 26.7 Å². The maximum atomic E-state index is 11.8. The second-order valence-electron chi connectivity index (χ2n) is 3.19. The van der Waals surface area contributed by atoms with Crippen LogP contribution in [-0.2, 0) is 19.4 Å². The first-order valence-electron chi connectivity index (χ1n) is 4.98. The van der Waals surface area contributed by atoms with Crippen LogP contribution in [0.25, 0.3) is 0 Å². The molecule has 1 aliphatic carbocycles. The van der Waals surface area contributed by atoms with Crippen LogP contribution >= 0.6 is 0 Å². The standard InChI is InChI=1S/C11H14O4S/c1-2-15-11(12)9-16(13,14)10-7-5-3-4-6-8-10/h3-5,7-8H,2,6,9H2,1H3. The molecule has 0 aromatic carbocycles. The molecular formula is C11H14O4S. The van der Waals surface area contributed by atoms with Crippen molar-refractivity contribution < 1.29 is 17.9 Å². The van der Waals surface area contributed by atoms with Gasteiger partial charge in [0.1, 0.15) is 0 Å². The lowest BCUT2D eigenvalue weighted by Crippen LogP contribution is -2.19. The van der Waals surface area contributed by atoms with Gasteiger partial charge in [-0.1, -0.05) is 24.3 Å². The fraction of sp³-hybridized carbons (Fsp3) is 0.364. The highest BCUT2D eigenvalue weighted by Gasteiger charge is 2.20. The zero-order chi connectivity index (χ0) is 12.0. The van der Waals surface area contributed by atoms with Crippen molar-refractivity contribution in [2.24, 2.45) is 0 Å². The molecule has 16 heavy (non-hydrogen) atoms. The summed E-state index contributed by atoms with van der Waals surface area (Å²) in [6.07, 6.45) is 8.85. The SMILES string of the molecule is CCOC(=O)CS(=O)(=O)C1=CCC=CC=C1. The molecule has 0 bridgehead atoms. The zero-order valence-electron chi connectivity index (χ0n) is 9.05. The molecule has 0 fully saturated rings. The quantitative estimate of drug-likeness (QED) is 0.698. The van der Waals surface area contributed by atoms with Crippen LogP contribution in [0.2, 0.25) is 0 Å². The second-order valence-corrected chi connectivity index (χ2v) is 5.18. The van der Waals surface area contributed by atoms with Crippen molar-refractivity contribution in [2.75, 3.05) is 12.4 Å². The van der Waals surface area contributed by atoms with Gasteiger partial charge < -0.3 is 4.74 Å². The predicted molar refractivity (Wildman–Crippen MR) is 61.4 cm³/mol. The molecule has 88 valence electrons. The van der Waals surface area contributed by atoms with E-state index in [0.717, 1.165) is 0 Å². The van der Waals surface area contributed by atoms with E-state index in [-0.39, 0.29) is 11.5 Å². The van der Waals surface area contributed by atoms with E-state index in [2.05, 4.69) is 4.74 Å². The Balaban J connectivity index is 2.78. The Morgan fingerprint density at radius 3 is 2.88 bits per heavy atom. The maximum absolute atomic E-state index is 11.8. The van der Waals surface area contributed by atoms with Crippen LogP contribution in [0.5, 0.6) is 0 Å². The molecule has 0 saturated heterocycles. The van der Waals surface area contributed by atoms with Crippen LogP contribution in [0.15, 0.2) is 35.3 Å². The van der Waals surface area contributed by atoms with Crippen molar-refractivity contribution in [1.29, 1.82) is 0 Å². The number of hydrogen-bond acceptors (Lipinski definition) is 4. The van der Waals surface area contributed by atoms with Gasteiger partial charge in [0.25, 0.3) is 0 Å². The molecule has 0 unspecified atom stereocenters. The van der Waals surface area contributed by atoms with E-state index < -0.39 is 21.6 Å². The highest BCUT2D eigenvalue weighted by Crippen LogP contribution is 2.13. The van der Waals surface area contributed by atoms with Crippen molar-refractivity contribution in [3.8, 4) is 0 Å². The summed E-state index contributed by atoms with van der Waals surface area (Å²) in [6.45, 7) is 1.82. The molecule has 0 amide bonds. The molecule has 4 nitrogen and oxygen atoms in total. The topological polar surface area (TPSA) is 60.4 Å². The van der Waals surface area contributed by atoms with Crippen molar-refractivity contribution >= 4 is 15.8 Å². The smallest absolute Gasteiger partial charge is 0.321 e. The zero-order valence-corrected chi connectivity index (χ0v) is 9.87. The number of hydrogen-bond donors (Lipinski definition) is 0. The van der Waals surface area contributed by atoms with Gasteiger partial charge in [-0.05, 0) is 19.4 Å². The number of ether oxygens (including phenoxy) is 1. The second kappa shape index (κ2) is 5.65. The fourth-order valence-electron chi connectivity index (χ4n) is 1.23. The molecule has 1 aliphatic rings. The number of sulfone groups is 1. The lowest BCUT2D eigenvalue weighted by atomic mass is 10.4. The van der Waals surface area contributed by atoms with E-state index in [1.54, 1.807) is 25.2 Å². The number of allylic oxidation sites excluding steroid dienone is 5. The summed E-state index contributed by atoms with van der Waals surface area (Å²) < 4.78 is 28.2. The van der Waals surface area contributed by atoms with E-state index in [4.69, 9.17) is 0 Å². The fourth-order valence-corrected chi connectivity index (χ4v) is 2.43. The summed E-state index contributed by atoms with van der Waals surface area (Å²) in [5, 5.41) is 0. The Kier molecular flexibility index (Phi) is 4.49. The molecule has 0 atom stereocenters. The number of esters is 1. The summed E-state index contributed by atoms with van der Waals surface area (Å²) in [6, 6.07) is 0. The van der Waals surface area contributed by atoms with Crippen molar-refractivity contribution in [3.63, 3.8) is 0 Å². The lowest BCUT2D eigenvalue weighted by Gasteiger charge is -2.04. The van der Waals surface area contributed by atoms with Gasteiger partial charge >= 0.3 is 5.97 Å². The molecule has 0 spiro atoms. The molecule has 0 N–H and O–H groups in total. The molecule has 0 aromatic heterocycles. The predicted octanol–water partition coefficient (Wildman–Crippen LogP) is 1.36. The summed E-state index contributed by atoms with van der Waals surface area (Å²) in [5.41, 5.74) is 0. The van der Waals surface area contributed by atoms with Crippen LogP contribution in [0.4, 0.5) is 0 Å². The lowest BCUT2D eigenvalue weighted by molar-refractivity contribution is -0.139. The summed E-state index contributed by atoms with van der Waals surface area (Å²) in [7, 11) is -3.57. The van der Waals surface area contributed by atoms with Crippen LogP contribution in [0, 0.1) is 0 Å². The molecule has 1 rings (SSSR count). The highest BCUT2D eigenvalue weighted by molar-refractivity contribution is 7.96. The minimum atomic E-state index is -3.57. The first kappa shape index (κ1) is 12.7. The van der Waals surface area contributed by atoms with Gasteiger partial charge in [-0.25, -0.2) is 8.42 Å². The Hall–Kier alpha value is -1.36. The third kappa shape index (κ3) is 3.66. The van der Waals surface area contributed by atoms with E-state index in [0.29, 0.717) is 6.42 Å². The van der Waals surface area contributed by atoms with Gasteiger partial charge in [0, 0.05) is 0 Å². The van der Waals surface area contributed by atoms with Gasteiger partial charge in [0.2, 0.25) is 0 Å². The monoisotopic (exact) mass is 242 g/mol. The van der Waals surface area contributed by atoms with Gasteiger partial charge in [0.05, 0.1) is 11.5 Å². The summed E-state index contributed by atoms with van der Waals surface area (Å²) >= 11 is 0. The van der Waals surface area contributed by atoms with E-state index >= 15 is 0 Å². The molecule has 0 heterocycles. The largest absolute Gasteiger partial charge is 0.465 e. The normalized spacial score (nSPS) is 15.4. The van der Waals surface area contributed by atoms with Crippen molar-refractivity contribution in [3.05, 3.63) is 35.3 Å². The van der Waals surface area contributed by atoms with Gasteiger partial charge in [-0.3, -0.25) is 4.79 Å². The van der Waals surface area contributed by atoms with Crippen LogP contribution < -0.4 is 0 Å². The van der Waals surface area contributed by atoms with Gasteiger partial charge in [0.15, 0.2) is 15.6 Å². The van der Waals surface area contributed by atoms with E-state index in [1.165, 1.54) is 6.08 Å². The average Bonchev–Trinajstić information content (AvgIpc) is 2.45. The van der Waals surface area contributed by atoms with Gasteiger partial charge in [-0.15, -0.1) is 0 Å². The summed E-state index contributed by atoms with van der Waals surface area (Å²) in [4.78, 5) is 11.3. The minimum Gasteiger partial charge on any atom is -0.465 e. The molecule has 0 radical (unpaired) electrons. The van der Waals surface area contributed by atoms with Gasteiger partial charge in [-0.2, -0.15) is 0 Å². The average molecular weight is 242 g/mol. The molecule has 0 saturated carbocycles. The number of carbonyl (C=O) groups is 1. The van der Waals surface area contributed by atoms with Crippen molar-refractivity contribution in [2.45, 2.75) is 13.3 Å². The molecule has 5 heteroatoms. The number of rotatable bonds is 4.